The highest BCUT2D eigenvalue weighted by Crippen LogP contribution is 2.47. The Morgan fingerprint density at radius 2 is 1.80 bits per heavy atom. The highest BCUT2D eigenvalue weighted by molar-refractivity contribution is 9.10. The Kier molecular flexibility index (Phi) is 3.76. The molecule has 0 radical (unpaired) electrons. The zero-order valence-electron chi connectivity index (χ0n) is 11.6. The SMILES string of the molecule is O=C(O)c1ccc(Br)cc1N1CCC2(CCCC2)CC1. The molecule has 0 bridgehead atoms. The van der Waals surface area contributed by atoms with E-state index in [4.69, 9.17) is 0 Å². The molecule has 4 heteroatoms. The fourth-order valence-electron chi connectivity index (χ4n) is 3.79. The van der Waals surface area contributed by atoms with Crippen LogP contribution >= 0.6 is 15.9 Å². The van der Waals surface area contributed by atoms with E-state index in [0.717, 1.165) is 23.2 Å². The second-order valence-electron chi connectivity index (χ2n) is 6.16. The number of piperidine rings is 1. The molecule has 3 rings (SSSR count). The Bertz CT molecular complexity index is 513. The van der Waals surface area contributed by atoms with Crippen molar-refractivity contribution in [1.82, 2.24) is 0 Å². The van der Waals surface area contributed by atoms with Gasteiger partial charge in [-0.3, -0.25) is 0 Å². The number of benzene rings is 1. The van der Waals surface area contributed by atoms with Crippen molar-refractivity contribution in [2.75, 3.05) is 18.0 Å². The van der Waals surface area contributed by atoms with E-state index in [1.54, 1.807) is 12.1 Å². The molecule has 1 aliphatic heterocycles. The van der Waals surface area contributed by atoms with Gasteiger partial charge in [0.2, 0.25) is 0 Å². The molecule has 0 atom stereocenters. The molecular weight excluding hydrogens is 318 g/mol. The van der Waals surface area contributed by atoms with E-state index in [1.165, 1.54) is 38.5 Å². The van der Waals surface area contributed by atoms with Gasteiger partial charge >= 0.3 is 5.97 Å². The number of halogens is 1. The van der Waals surface area contributed by atoms with Crippen LogP contribution in [0.4, 0.5) is 5.69 Å². The lowest BCUT2D eigenvalue weighted by Crippen LogP contribution is -2.39. The van der Waals surface area contributed by atoms with Gasteiger partial charge in [-0.1, -0.05) is 28.8 Å². The van der Waals surface area contributed by atoms with E-state index < -0.39 is 5.97 Å². The molecule has 1 aromatic rings. The number of nitrogens with zero attached hydrogens (tertiary/aromatic N) is 1. The zero-order chi connectivity index (χ0) is 14.2. The molecule has 1 spiro atoms. The van der Waals surface area contributed by atoms with Crippen molar-refractivity contribution < 1.29 is 9.90 Å². The minimum Gasteiger partial charge on any atom is -0.478 e. The van der Waals surface area contributed by atoms with E-state index >= 15 is 0 Å². The van der Waals surface area contributed by atoms with Crippen LogP contribution in [0.15, 0.2) is 22.7 Å². The molecule has 1 aromatic carbocycles. The maximum absolute atomic E-state index is 11.4. The van der Waals surface area contributed by atoms with Crippen LogP contribution in [0, 0.1) is 5.41 Å². The summed E-state index contributed by atoms with van der Waals surface area (Å²) < 4.78 is 0.943. The first-order chi connectivity index (χ1) is 9.60. The Labute approximate surface area is 128 Å². The highest BCUT2D eigenvalue weighted by atomic mass is 79.9. The van der Waals surface area contributed by atoms with E-state index in [9.17, 15) is 9.90 Å². The molecule has 108 valence electrons. The van der Waals surface area contributed by atoms with Crippen molar-refractivity contribution in [2.24, 2.45) is 5.41 Å². The van der Waals surface area contributed by atoms with E-state index in [0.29, 0.717) is 11.0 Å². The summed E-state index contributed by atoms with van der Waals surface area (Å²) in [7, 11) is 0. The monoisotopic (exact) mass is 337 g/mol. The third-order valence-electron chi connectivity index (χ3n) is 5.02. The van der Waals surface area contributed by atoms with Crippen LogP contribution in [-0.2, 0) is 0 Å². The van der Waals surface area contributed by atoms with Gasteiger partial charge in [0.05, 0.1) is 11.3 Å². The van der Waals surface area contributed by atoms with Crippen LogP contribution in [0.25, 0.3) is 0 Å². The van der Waals surface area contributed by atoms with Gasteiger partial charge in [0, 0.05) is 17.6 Å². The van der Waals surface area contributed by atoms with Gasteiger partial charge in [-0.2, -0.15) is 0 Å². The number of rotatable bonds is 2. The Balaban J connectivity index is 1.80. The van der Waals surface area contributed by atoms with Crippen LogP contribution in [-0.4, -0.2) is 24.2 Å². The topological polar surface area (TPSA) is 40.5 Å². The summed E-state index contributed by atoms with van der Waals surface area (Å²) in [6.45, 7) is 1.97. The fourth-order valence-corrected chi connectivity index (χ4v) is 4.14. The summed E-state index contributed by atoms with van der Waals surface area (Å²) >= 11 is 3.45. The second-order valence-corrected chi connectivity index (χ2v) is 7.08. The van der Waals surface area contributed by atoms with Gasteiger partial charge in [0.15, 0.2) is 0 Å². The number of carboxylic acid groups (broad SMARTS) is 1. The van der Waals surface area contributed by atoms with Gasteiger partial charge in [0.1, 0.15) is 0 Å². The normalized spacial score (nSPS) is 21.4. The lowest BCUT2D eigenvalue weighted by molar-refractivity contribution is 0.0697. The molecule has 1 saturated carbocycles. The van der Waals surface area contributed by atoms with Crippen molar-refractivity contribution in [3.05, 3.63) is 28.2 Å². The number of hydrogen-bond donors (Lipinski definition) is 1. The first-order valence-corrected chi connectivity index (χ1v) is 8.17. The average Bonchev–Trinajstić information content (AvgIpc) is 2.87. The average molecular weight is 338 g/mol. The van der Waals surface area contributed by atoms with Gasteiger partial charge < -0.3 is 10.0 Å². The maximum atomic E-state index is 11.4. The minimum atomic E-state index is -0.839. The van der Waals surface area contributed by atoms with Crippen molar-refractivity contribution >= 4 is 27.6 Å². The lowest BCUT2D eigenvalue weighted by atomic mass is 9.77. The minimum absolute atomic E-state index is 0.413. The number of carbonyl (C=O) groups is 1. The standard InChI is InChI=1S/C16H20BrNO2/c17-12-3-4-13(15(19)20)14(11-12)18-9-7-16(8-10-18)5-1-2-6-16/h3-4,11H,1-2,5-10H2,(H,19,20). The van der Waals surface area contributed by atoms with E-state index in [1.807, 2.05) is 6.07 Å². The van der Waals surface area contributed by atoms with Crippen LogP contribution in [0.3, 0.4) is 0 Å². The molecule has 1 N–H and O–H groups in total. The number of carboxylic acids is 1. The van der Waals surface area contributed by atoms with Crippen molar-refractivity contribution in [3.63, 3.8) is 0 Å². The molecule has 0 aromatic heterocycles. The molecule has 1 aliphatic carbocycles. The summed E-state index contributed by atoms with van der Waals surface area (Å²) in [5, 5.41) is 9.35. The molecule has 2 aliphatic rings. The third-order valence-corrected chi connectivity index (χ3v) is 5.51. The van der Waals surface area contributed by atoms with Crippen molar-refractivity contribution in [3.8, 4) is 0 Å². The van der Waals surface area contributed by atoms with Crippen LogP contribution in [0.5, 0.6) is 0 Å². The third kappa shape index (κ3) is 2.58. The Hall–Kier alpha value is -1.03. The van der Waals surface area contributed by atoms with Gasteiger partial charge in [-0.15, -0.1) is 0 Å². The molecule has 0 unspecified atom stereocenters. The largest absolute Gasteiger partial charge is 0.478 e. The summed E-state index contributed by atoms with van der Waals surface area (Å²) in [5.74, 6) is -0.839. The number of hydrogen-bond acceptors (Lipinski definition) is 2. The molecule has 2 fully saturated rings. The molecule has 1 heterocycles. The smallest absolute Gasteiger partial charge is 0.337 e. The second kappa shape index (κ2) is 5.40. The van der Waals surface area contributed by atoms with Crippen molar-refractivity contribution in [2.45, 2.75) is 38.5 Å². The number of aromatic carboxylic acids is 1. The molecular formula is C16H20BrNO2. The summed E-state index contributed by atoms with van der Waals surface area (Å²) in [5.41, 5.74) is 1.83. The predicted octanol–water partition coefficient (Wildman–Crippen LogP) is 4.31. The molecule has 0 amide bonds. The summed E-state index contributed by atoms with van der Waals surface area (Å²) in [6.07, 6.45) is 7.89. The van der Waals surface area contributed by atoms with E-state index in [2.05, 4.69) is 20.8 Å². The quantitative estimate of drug-likeness (QED) is 0.874. The molecule has 3 nitrogen and oxygen atoms in total. The van der Waals surface area contributed by atoms with Crippen LogP contribution in [0.1, 0.15) is 48.9 Å². The van der Waals surface area contributed by atoms with Crippen LogP contribution in [0.2, 0.25) is 0 Å². The van der Waals surface area contributed by atoms with Gasteiger partial charge in [0.25, 0.3) is 0 Å². The number of anilines is 1. The van der Waals surface area contributed by atoms with E-state index in [-0.39, 0.29) is 0 Å². The highest BCUT2D eigenvalue weighted by Gasteiger charge is 2.37. The summed E-state index contributed by atoms with van der Waals surface area (Å²) in [6, 6.07) is 5.44. The predicted molar refractivity (Wildman–Crippen MR) is 83.4 cm³/mol. The fraction of sp³-hybridized carbons (Fsp3) is 0.562. The van der Waals surface area contributed by atoms with Gasteiger partial charge in [-0.25, -0.2) is 4.79 Å². The lowest BCUT2D eigenvalue weighted by Gasteiger charge is -2.41. The molecule has 1 saturated heterocycles. The Morgan fingerprint density at radius 1 is 1.15 bits per heavy atom. The van der Waals surface area contributed by atoms with Crippen LogP contribution < -0.4 is 4.90 Å². The maximum Gasteiger partial charge on any atom is 0.337 e. The Morgan fingerprint density at radius 3 is 2.40 bits per heavy atom. The first-order valence-electron chi connectivity index (χ1n) is 7.38. The van der Waals surface area contributed by atoms with Gasteiger partial charge in [-0.05, 0) is 49.3 Å². The first kappa shape index (κ1) is 13.9. The van der Waals surface area contributed by atoms with Crippen molar-refractivity contribution in [1.29, 1.82) is 0 Å². The molecule has 20 heavy (non-hydrogen) atoms. The zero-order valence-corrected chi connectivity index (χ0v) is 13.2. The summed E-state index contributed by atoms with van der Waals surface area (Å²) in [4.78, 5) is 13.6.